The SMILES string of the molecule is CCN(C(=O)C(=O)Nc1ccccc1C(C)(C)C)c1cccc(C)c1. The van der Waals surface area contributed by atoms with Gasteiger partial charge in [0.15, 0.2) is 0 Å². The average Bonchev–Trinajstić information content (AvgIpc) is 2.55. The second-order valence-corrected chi connectivity index (χ2v) is 7.14. The van der Waals surface area contributed by atoms with Crippen molar-refractivity contribution in [3.8, 4) is 0 Å². The number of hydrogen-bond acceptors (Lipinski definition) is 2. The van der Waals surface area contributed by atoms with Gasteiger partial charge in [0.2, 0.25) is 0 Å². The molecule has 1 N–H and O–H groups in total. The molecule has 0 saturated heterocycles. The first kappa shape index (κ1) is 18.7. The number of carbonyl (C=O) groups is 2. The van der Waals surface area contributed by atoms with Gasteiger partial charge in [0.05, 0.1) is 0 Å². The van der Waals surface area contributed by atoms with Gasteiger partial charge >= 0.3 is 11.8 Å². The van der Waals surface area contributed by atoms with Gasteiger partial charge in [-0.05, 0) is 48.6 Å². The second kappa shape index (κ2) is 7.51. The van der Waals surface area contributed by atoms with E-state index in [9.17, 15) is 9.59 Å². The number of aryl methyl sites for hydroxylation is 1. The lowest BCUT2D eigenvalue weighted by Crippen LogP contribution is -2.40. The highest BCUT2D eigenvalue weighted by atomic mass is 16.2. The predicted octanol–water partition coefficient (Wildman–Crippen LogP) is 4.28. The first-order valence-electron chi connectivity index (χ1n) is 8.53. The van der Waals surface area contributed by atoms with E-state index in [1.165, 1.54) is 4.90 Å². The molecule has 25 heavy (non-hydrogen) atoms. The molecule has 4 heteroatoms. The van der Waals surface area contributed by atoms with Crippen molar-refractivity contribution in [3.63, 3.8) is 0 Å². The summed E-state index contributed by atoms with van der Waals surface area (Å²) in [7, 11) is 0. The summed E-state index contributed by atoms with van der Waals surface area (Å²) in [5.74, 6) is -1.18. The molecule has 2 rings (SSSR count). The van der Waals surface area contributed by atoms with Crippen LogP contribution in [0.2, 0.25) is 0 Å². The maximum atomic E-state index is 12.7. The smallest absolute Gasteiger partial charge is 0.316 e. The Labute approximate surface area is 149 Å². The van der Waals surface area contributed by atoms with Gasteiger partial charge in [-0.25, -0.2) is 0 Å². The van der Waals surface area contributed by atoms with Gasteiger partial charge in [0.25, 0.3) is 0 Å². The van der Waals surface area contributed by atoms with Crippen LogP contribution in [0.5, 0.6) is 0 Å². The van der Waals surface area contributed by atoms with Gasteiger partial charge in [-0.1, -0.05) is 51.1 Å². The summed E-state index contributed by atoms with van der Waals surface area (Å²) >= 11 is 0. The van der Waals surface area contributed by atoms with Crippen molar-refractivity contribution in [3.05, 3.63) is 59.7 Å². The second-order valence-electron chi connectivity index (χ2n) is 7.14. The van der Waals surface area contributed by atoms with Gasteiger partial charge in [0.1, 0.15) is 0 Å². The van der Waals surface area contributed by atoms with Crippen LogP contribution in [-0.2, 0) is 15.0 Å². The third kappa shape index (κ3) is 4.47. The highest BCUT2D eigenvalue weighted by Crippen LogP contribution is 2.29. The first-order chi connectivity index (χ1) is 11.7. The molecule has 0 radical (unpaired) electrons. The van der Waals surface area contributed by atoms with Crippen molar-refractivity contribution < 1.29 is 9.59 Å². The summed E-state index contributed by atoms with van der Waals surface area (Å²) in [4.78, 5) is 26.7. The molecule has 0 aliphatic rings. The lowest BCUT2D eigenvalue weighted by atomic mass is 9.86. The molecule has 2 aromatic rings. The molecule has 2 aromatic carbocycles. The molecular formula is C21H26N2O2. The molecule has 0 aromatic heterocycles. The predicted molar refractivity (Wildman–Crippen MR) is 103 cm³/mol. The van der Waals surface area contributed by atoms with Gasteiger partial charge in [-0.3, -0.25) is 9.59 Å². The maximum Gasteiger partial charge on any atom is 0.316 e. The summed E-state index contributed by atoms with van der Waals surface area (Å²) < 4.78 is 0. The lowest BCUT2D eigenvalue weighted by molar-refractivity contribution is -0.134. The van der Waals surface area contributed by atoms with Crippen molar-refractivity contribution in [2.75, 3.05) is 16.8 Å². The maximum absolute atomic E-state index is 12.7. The minimum absolute atomic E-state index is 0.131. The summed E-state index contributed by atoms with van der Waals surface area (Å²) in [5.41, 5.74) is 3.31. The number of para-hydroxylation sites is 1. The number of carbonyl (C=O) groups excluding carboxylic acids is 2. The van der Waals surface area contributed by atoms with Crippen molar-refractivity contribution in [1.29, 1.82) is 0 Å². The van der Waals surface area contributed by atoms with Crippen molar-refractivity contribution in [2.45, 2.75) is 40.0 Å². The molecule has 2 amide bonds. The summed E-state index contributed by atoms with van der Waals surface area (Å²) in [6.07, 6.45) is 0. The number of nitrogens with one attached hydrogen (secondary N) is 1. The Morgan fingerprint density at radius 2 is 1.72 bits per heavy atom. The van der Waals surface area contributed by atoms with Gasteiger partial charge in [-0.15, -0.1) is 0 Å². The van der Waals surface area contributed by atoms with E-state index < -0.39 is 11.8 Å². The molecule has 0 unspecified atom stereocenters. The summed E-state index contributed by atoms with van der Waals surface area (Å²) in [6.45, 7) is 10.5. The van der Waals surface area contributed by atoms with E-state index in [0.717, 1.165) is 16.8 Å². The largest absolute Gasteiger partial charge is 0.317 e. The first-order valence-corrected chi connectivity index (χ1v) is 8.53. The number of likely N-dealkylation sites (N-methyl/N-ethyl adjacent to an activating group) is 1. The molecule has 0 aliphatic heterocycles. The Bertz CT molecular complexity index is 775. The number of nitrogens with zero attached hydrogens (tertiary/aromatic N) is 1. The Morgan fingerprint density at radius 1 is 1.04 bits per heavy atom. The van der Waals surface area contributed by atoms with Crippen molar-refractivity contribution >= 4 is 23.2 Å². The van der Waals surface area contributed by atoms with Crippen LogP contribution in [0.3, 0.4) is 0 Å². The van der Waals surface area contributed by atoms with E-state index in [1.54, 1.807) is 0 Å². The van der Waals surface area contributed by atoms with Crippen molar-refractivity contribution in [2.24, 2.45) is 0 Å². The zero-order valence-corrected chi connectivity index (χ0v) is 15.6. The third-order valence-electron chi connectivity index (χ3n) is 4.05. The lowest BCUT2D eigenvalue weighted by Gasteiger charge is -2.24. The Balaban J connectivity index is 2.25. The van der Waals surface area contributed by atoms with E-state index in [-0.39, 0.29) is 5.41 Å². The fourth-order valence-corrected chi connectivity index (χ4v) is 2.78. The number of hydrogen-bond donors (Lipinski definition) is 1. The average molecular weight is 338 g/mol. The normalized spacial score (nSPS) is 11.1. The van der Waals surface area contributed by atoms with Crippen LogP contribution in [0.15, 0.2) is 48.5 Å². The third-order valence-corrected chi connectivity index (χ3v) is 4.05. The van der Waals surface area contributed by atoms with Crippen LogP contribution in [0.1, 0.15) is 38.8 Å². The van der Waals surface area contributed by atoms with Crippen LogP contribution < -0.4 is 10.2 Å². The minimum atomic E-state index is -0.625. The molecule has 132 valence electrons. The molecular weight excluding hydrogens is 312 g/mol. The van der Waals surface area contributed by atoms with E-state index in [4.69, 9.17) is 0 Å². The van der Waals surface area contributed by atoms with Crippen LogP contribution in [-0.4, -0.2) is 18.4 Å². The van der Waals surface area contributed by atoms with Crippen LogP contribution in [0.4, 0.5) is 11.4 Å². The molecule has 0 atom stereocenters. The highest BCUT2D eigenvalue weighted by molar-refractivity contribution is 6.44. The fraction of sp³-hybridized carbons (Fsp3) is 0.333. The van der Waals surface area contributed by atoms with E-state index in [2.05, 4.69) is 26.1 Å². The molecule has 0 fully saturated rings. The summed E-state index contributed by atoms with van der Waals surface area (Å²) in [5, 5.41) is 2.79. The fourth-order valence-electron chi connectivity index (χ4n) is 2.78. The standard InChI is InChI=1S/C21H26N2O2/c1-6-23(16-11-9-10-15(2)14-16)20(25)19(24)22-18-13-8-7-12-17(18)21(3,4)5/h7-14H,6H2,1-5H3,(H,22,24). The molecule has 0 spiro atoms. The van der Waals surface area contributed by atoms with Crippen LogP contribution in [0, 0.1) is 6.92 Å². The van der Waals surface area contributed by atoms with Crippen molar-refractivity contribution in [1.82, 2.24) is 0 Å². The topological polar surface area (TPSA) is 49.4 Å². The van der Waals surface area contributed by atoms with Gasteiger partial charge in [0, 0.05) is 17.9 Å². The minimum Gasteiger partial charge on any atom is -0.317 e. The quantitative estimate of drug-likeness (QED) is 0.849. The van der Waals surface area contributed by atoms with E-state index in [0.29, 0.717) is 12.2 Å². The van der Waals surface area contributed by atoms with E-state index in [1.807, 2.05) is 62.4 Å². The monoisotopic (exact) mass is 338 g/mol. The van der Waals surface area contributed by atoms with Crippen LogP contribution >= 0.6 is 0 Å². The van der Waals surface area contributed by atoms with Gasteiger partial charge < -0.3 is 10.2 Å². The van der Waals surface area contributed by atoms with E-state index >= 15 is 0 Å². The zero-order valence-electron chi connectivity index (χ0n) is 15.6. The highest BCUT2D eigenvalue weighted by Gasteiger charge is 2.25. The summed E-state index contributed by atoms with van der Waals surface area (Å²) in [6, 6.07) is 15.2. The Morgan fingerprint density at radius 3 is 2.32 bits per heavy atom. The molecule has 0 bridgehead atoms. The molecule has 0 heterocycles. The van der Waals surface area contributed by atoms with Crippen LogP contribution in [0.25, 0.3) is 0 Å². The Kier molecular flexibility index (Phi) is 5.62. The number of anilines is 2. The molecule has 0 aliphatic carbocycles. The number of benzene rings is 2. The zero-order chi connectivity index (χ0) is 18.6. The Hall–Kier alpha value is -2.62. The molecule has 4 nitrogen and oxygen atoms in total. The van der Waals surface area contributed by atoms with Gasteiger partial charge in [-0.2, -0.15) is 0 Å². The number of rotatable bonds is 3. The number of amides is 2. The molecule has 0 saturated carbocycles.